The summed E-state index contributed by atoms with van der Waals surface area (Å²) in [5.74, 6) is 0. The Kier molecular flexibility index (Phi) is 1.26. The second kappa shape index (κ2) is 1.84. The molecule has 46 valence electrons. The Bertz CT molecular complexity index is 105. The standard InChI is InChI=1S/C6H10IN/c7-4-2-1-3-5-6(4)8-5/h4-6,8H,1-3H2/t4-,5-,6+/m1/s1. The van der Waals surface area contributed by atoms with E-state index in [4.69, 9.17) is 0 Å². The zero-order valence-corrected chi connectivity index (χ0v) is 6.89. The fourth-order valence-corrected chi connectivity index (χ4v) is 2.67. The molecule has 0 spiro atoms. The van der Waals surface area contributed by atoms with Crippen LogP contribution in [-0.4, -0.2) is 16.0 Å². The SMILES string of the molecule is I[C@@H]1CCC[C@H]2N[C@@H]12. The molecular formula is C6H10IN. The van der Waals surface area contributed by atoms with E-state index in [2.05, 4.69) is 27.9 Å². The lowest BCUT2D eigenvalue weighted by molar-refractivity contribution is 0.595. The molecule has 2 rings (SSSR count). The van der Waals surface area contributed by atoms with Crippen molar-refractivity contribution in [1.82, 2.24) is 5.32 Å². The quantitative estimate of drug-likeness (QED) is 0.373. The Labute approximate surface area is 63.4 Å². The van der Waals surface area contributed by atoms with Gasteiger partial charge in [-0.1, -0.05) is 29.0 Å². The van der Waals surface area contributed by atoms with Crippen molar-refractivity contribution < 1.29 is 0 Å². The van der Waals surface area contributed by atoms with Crippen LogP contribution in [0.4, 0.5) is 0 Å². The molecule has 1 heterocycles. The molecule has 1 N–H and O–H groups in total. The first-order chi connectivity index (χ1) is 3.88. The predicted molar refractivity (Wildman–Crippen MR) is 42.4 cm³/mol. The van der Waals surface area contributed by atoms with E-state index >= 15 is 0 Å². The highest BCUT2D eigenvalue weighted by Gasteiger charge is 2.43. The first kappa shape index (κ1) is 5.47. The summed E-state index contributed by atoms with van der Waals surface area (Å²) in [4.78, 5) is 0. The first-order valence-corrected chi connectivity index (χ1v) is 4.52. The van der Waals surface area contributed by atoms with E-state index in [1.54, 1.807) is 0 Å². The van der Waals surface area contributed by atoms with Gasteiger partial charge in [-0.2, -0.15) is 0 Å². The number of halogens is 1. The van der Waals surface area contributed by atoms with Gasteiger partial charge < -0.3 is 5.32 Å². The zero-order chi connectivity index (χ0) is 5.56. The van der Waals surface area contributed by atoms with Crippen LogP contribution in [0.2, 0.25) is 0 Å². The largest absolute Gasteiger partial charge is 0.307 e. The molecule has 2 aliphatic rings. The van der Waals surface area contributed by atoms with Crippen LogP contribution in [-0.2, 0) is 0 Å². The summed E-state index contributed by atoms with van der Waals surface area (Å²) in [6.07, 6.45) is 4.32. The van der Waals surface area contributed by atoms with Crippen molar-refractivity contribution in [3.8, 4) is 0 Å². The molecule has 0 aromatic carbocycles. The molecule has 1 nitrogen and oxygen atoms in total. The van der Waals surface area contributed by atoms with E-state index in [1.165, 1.54) is 19.3 Å². The number of rotatable bonds is 0. The third-order valence-electron chi connectivity index (χ3n) is 2.12. The molecule has 0 amide bonds. The van der Waals surface area contributed by atoms with Crippen LogP contribution in [0.15, 0.2) is 0 Å². The van der Waals surface area contributed by atoms with Gasteiger partial charge in [-0.15, -0.1) is 0 Å². The van der Waals surface area contributed by atoms with Crippen LogP contribution in [0.25, 0.3) is 0 Å². The van der Waals surface area contributed by atoms with Crippen LogP contribution in [0.5, 0.6) is 0 Å². The second-order valence-electron chi connectivity index (χ2n) is 2.75. The molecule has 1 saturated carbocycles. The molecule has 0 bridgehead atoms. The lowest BCUT2D eigenvalue weighted by atomic mass is 10.0. The summed E-state index contributed by atoms with van der Waals surface area (Å²) < 4.78 is 0.936. The van der Waals surface area contributed by atoms with E-state index < -0.39 is 0 Å². The van der Waals surface area contributed by atoms with Gasteiger partial charge in [0.15, 0.2) is 0 Å². The van der Waals surface area contributed by atoms with Crippen LogP contribution in [0.1, 0.15) is 19.3 Å². The van der Waals surface area contributed by atoms with Gasteiger partial charge in [-0.3, -0.25) is 0 Å². The predicted octanol–water partition coefficient (Wildman–Crippen LogP) is 1.31. The summed E-state index contributed by atoms with van der Waals surface area (Å²) in [6.45, 7) is 0. The zero-order valence-electron chi connectivity index (χ0n) is 4.73. The van der Waals surface area contributed by atoms with Crippen LogP contribution >= 0.6 is 22.6 Å². The van der Waals surface area contributed by atoms with Crippen molar-refractivity contribution in [2.45, 2.75) is 35.3 Å². The lowest BCUT2D eigenvalue weighted by Crippen LogP contribution is -2.15. The minimum Gasteiger partial charge on any atom is -0.307 e. The summed E-state index contributed by atoms with van der Waals surface area (Å²) >= 11 is 2.56. The van der Waals surface area contributed by atoms with E-state index in [0.717, 1.165) is 16.0 Å². The van der Waals surface area contributed by atoms with E-state index in [1.807, 2.05) is 0 Å². The summed E-state index contributed by atoms with van der Waals surface area (Å²) in [5.41, 5.74) is 0. The van der Waals surface area contributed by atoms with Crippen molar-refractivity contribution in [3.63, 3.8) is 0 Å². The Hall–Kier alpha value is 0.690. The Balaban J connectivity index is 1.99. The average molecular weight is 223 g/mol. The van der Waals surface area contributed by atoms with Crippen LogP contribution < -0.4 is 5.32 Å². The van der Waals surface area contributed by atoms with Crippen molar-refractivity contribution in [3.05, 3.63) is 0 Å². The van der Waals surface area contributed by atoms with Gasteiger partial charge in [0.1, 0.15) is 0 Å². The number of hydrogen-bond acceptors (Lipinski definition) is 1. The van der Waals surface area contributed by atoms with Gasteiger partial charge in [0.2, 0.25) is 0 Å². The maximum atomic E-state index is 3.47. The molecule has 8 heavy (non-hydrogen) atoms. The second-order valence-corrected chi connectivity index (χ2v) is 4.35. The normalized spacial score (nSPS) is 52.9. The molecule has 1 aliphatic heterocycles. The van der Waals surface area contributed by atoms with Crippen molar-refractivity contribution >= 4 is 22.6 Å². The summed E-state index contributed by atoms with van der Waals surface area (Å²) in [5, 5.41) is 3.47. The highest BCUT2D eigenvalue weighted by atomic mass is 127. The number of hydrogen-bond donors (Lipinski definition) is 1. The van der Waals surface area contributed by atoms with Gasteiger partial charge >= 0.3 is 0 Å². The molecule has 2 heteroatoms. The minimum absolute atomic E-state index is 0.907. The van der Waals surface area contributed by atoms with E-state index in [-0.39, 0.29) is 0 Å². The maximum absolute atomic E-state index is 3.47. The molecule has 0 aromatic rings. The summed E-state index contributed by atoms with van der Waals surface area (Å²) in [7, 11) is 0. The monoisotopic (exact) mass is 223 g/mol. The van der Waals surface area contributed by atoms with Gasteiger partial charge in [0.05, 0.1) is 0 Å². The van der Waals surface area contributed by atoms with Gasteiger partial charge in [0, 0.05) is 16.0 Å². The molecule has 1 saturated heterocycles. The van der Waals surface area contributed by atoms with Crippen molar-refractivity contribution in [2.24, 2.45) is 0 Å². The minimum atomic E-state index is 0.907. The molecule has 1 aliphatic carbocycles. The Morgan fingerprint density at radius 2 is 2.25 bits per heavy atom. The average Bonchev–Trinajstić information content (AvgIpc) is 2.45. The Morgan fingerprint density at radius 3 is 2.88 bits per heavy atom. The lowest BCUT2D eigenvalue weighted by Gasteiger charge is -2.11. The Morgan fingerprint density at radius 1 is 1.38 bits per heavy atom. The highest BCUT2D eigenvalue weighted by Crippen LogP contribution is 2.33. The fourth-order valence-electron chi connectivity index (χ4n) is 1.52. The van der Waals surface area contributed by atoms with Gasteiger partial charge in [0.25, 0.3) is 0 Å². The smallest absolute Gasteiger partial charge is 0.0342 e. The van der Waals surface area contributed by atoms with Crippen LogP contribution in [0, 0.1) is 0 Å². The van der Waals surface area contributed by atoms with Gasteiger partial charge in [-0.25, -0.2) is 0 Å². The maximum Gasteiger partial charge on any atom is 0.0342 e. The molecule has 0 aromatic heterocycles. The number of alkyl halides is 1. The third kappa shape index (κ3) is 0.778. The molecule has 3 atom stereocenters. The fraction of sp³-hybridized carbons (Fsp3) is 1.00. The first-order valence-electron chi connectivity index (χ1n) is 3.28. The summed E-state index contributed by atoms with van der Waals surface area (Å²) in [6, 6.07) is 1.83. The van der Waals surface area contributed by atoms with E-state index in [0.29, 0.717) is 0 Å². The topological polar surface area (TPSA) is 21.9 Å². The van der Waals surface area contributed by atoms with Crippen LogP contribution in [0.3, 0.4) is 0 Å². The van der Waals surface area contributed by atoms with Crippen molar-refractivity contribution in [1.29, 1.82) is 0 Å². The molecular weight excluding hydrogens is 213 g/mol. The molecule has 0 unspecified atom stereocenters. The van der Waals surface area contributed by atoms with Gasteiger partial charge in [-0.05, 0) is 12.8 Å². The molecule has 0 radical (unpaired) electrons. The highest BCUT2D eigenvalue weighted by molar-refractivity contribution is 14.1. The number of nitrogens with one attached hydrogen (secondary N) is 1. The van der Waals surface area contributed by atoms with Crippen molar-refractivity contribution in [2.75, 3.05) is 0 Å². The van der Waals surface area contributed by atoms with E-state index in [9.17, 15) is 0 Å². The number of fused-ring (bicyclic) bond motifs is 1. The third-order valence-corrected chi connectivity index (χ3v) is 3.51. The molecule has 2 fully saturated rings.